The molecule has 1 unspecified atom stereocenters. The Bertz CT molecular complexity index is 973. The lowest BCUT2D eigenvalue weighted by Gasteiger charge is -2.29. The number of aromatic nitrogens is 1. The van der Waals surface area contributed by atoms with E-state index >= 15 is 0 Å². The molecular weight excluding hydrogens is 360 g/mol. The smallest absolute Gasteiger partial charge is 0.322 e. The lowest BCUT2D eigenvalue weighted by molar-refractivity contribution is -0.124. The monoisotopic (exact) mass is 380 g/mol. The van der Waals surface area contributed by atoms with E-state index in [-0.39, 0.29) is 12.3 Å². The quantitative estimate of drug-likeness (QED) is 0.766. The summed E-state index contributed by atoms with van der Waals surface area (Å²) < 4.78 is 5.09. The Morgan fingerprint density at radius 1 is 1.21 bits per heavy atom. The molecular formula is C20H20N4O4. The predicted octanol–water partition coefficient (Wildman–Crippen LogP) is 1.48. The van der Waals surface area contributed by atoms with Crippen LogP contribution in [0.4, 0.5) is 4.79 Å². The predicted molar refractivity (Wildman–Crippen MR) is 99.7 cm³/mol. The molecule has 4 amide bonds. The van der Waals surface area contributed by atoms with Crippen molar-refractivity contribution in [2.75, 3.05) is 13.7 Å². The van der Waals surface area contributed by atoms with E-state index < -0.39 is 17.5 Å². The van der Waals surface area contributed by atoms with Gasteiger partial charge in [0.25, 0.3) is 11.8 Å². The highest BCUT2D eigenvalue weighted by atomic mass is 16.5. The van der Waals surface area contributed by atoms with Crippen LogP contribution in [0.15, 0.2) is 36.5 Å². The van der Waals surface area contributed by atoms with Crippen LogP contribution in [0.25, 0.3) is 0 Å². The minimum absolute atomic E-state index is 0.139. The molecule has 8 heteroatoms. The van der Waals surface area contributed by atoms with Gasteiger partial charge in [-0.1, -0.05) is 29.8 Å². The first-order chi connectivity index (χ1) is 13.4. The second-order valence-electron chi connectivity index (χ2n) is 7.04. The summed E-state index contributed by atoms with van der Waals surface area (Å²) in [6.45, 7) is 2.66. The number of ether oxygens (including phenoxy) is 1. The topological polar surface area (TPSA) is 101 Å². The van der Waals surface area contributed by atoms with E-state index in [0.29, 0.717) is 30.1 Å². The maximum Gasteiger partial charge on any atom is 0.322 e. The molecule has 8 nitrogen and oxygen atoms in total. The Hall–Kier alpha value is -3.42. The molecule has 0 spiro atoms. The number of benzene rings is 1. The fourth-order valence-corrected chi connectivity index (χ4v) is 3.69. The molecule has 1 aromatic heterocycles. The molecule has 4 rings (SSSR count). The Balaban J connectivity index is 1.58. The SMILES string of the molecule is COc1cc2c(cn1)CN(CCC1(c3ccc(C)cc3)NC(=O)NC1=O)C2=O. The van der Waals surface area contributed by atoms with Crippen molar-refractivity contribution in [1.29, 1.82) is 0 Å². The summed E-state index contributed by atoms with van der Waals surface area (Å²) in [6.07, 6.45) is 1.89. The van der Waals surface area contributed by atoms with Crippen LogP contribution >= 0.6 is 0 Å². The van der Waals surface area contributed by atoms with Crippen LogP contribution in [0.1, 0.15) is 33.5 Å². The summed E-state index contributed by atoms with van der Waals surface area (Å²) >= 11 is 0. The van der Waals surface area contributed by atoms with Crippen LogP contribution in [0.2, 0.25) is 0 Å². The zero-order valence-electron chi connectivity index (χ0n) is 15.6. The molecule has 1 atom stereocenters. The maximum absolute atomic E-state index is 12.8. The first-order valence-corrected chi connectivity index (χ1v) is 8.96. The summed E-state index contributed by atoms with van der Waals surface area (Å²) in [5.74, 6) is -0.166. The van der Waals surface area contributed by atoms with Crippen molar-refractivity contribution in [3.63, 3.8) is 0 Å². The number of aryl methyl sites for hydroxylation is 1. The molecule has 1 saturated heterocycles. The molecule has 144 valence electrons. The molecule has 2 aromatic rings. The minimum atomic E-state index is -1.20. The number of nitrogens with zero attached hydrogens (tertiary/aromatic N) is 2. The van der Waals surface area contributed by atoms with E-state index in [1.807, 2.05) is 31.2 Å². The standard InChI is InChI=1S/C20H20N4O4/c1-12-3-5-14(6-4-12)20(18(26)22-19(27)23-20)7-8-24-11-13-10-21-16(28-2)9-15(13)17(24)25/h3-6,9-10H,7-8,11H2,1-2H3,(H2,22,23,26,27). The maximum atomic E-state index is 12.8. The van der Waals surface area contributed by atoms with Crippen molar-refractivity contribution in [2.45, 2.75) is 25.4 Å². The van der Waals surface area contributed by atoms with Gasteiger partial charge in [-0.3, -0.25) is 14.9 Å². The number of fused-ring (bicyclic) bond motifs is 1. The number of pyridine rings is 1. The number of urea groups is 1. The summed E-state index contributed by atoms with van der Waals surface area (Å²) in [7, 11) is 1.50. The van der Waals surface area contributed by atoms with Gasteiger partial charge in [0.2, 0.25) is 5.88 Å². The van der Waals surface area contributed by atoms with Crippen LogP contribution in [0, 0.1) is 6.92 Å². The van der Waals surface area contributed by atoms with Gasteiger partial charge < -0.3 is 15.0 Å². The van der Waals surface area contributed by atoms with Gasteiger partial charge in [0.15, 0.2) is 0 Å². The largest absolute Gasteiger partial charge is 0.481 e. The minimum Gasteiger partial charge on any atom is -0.481 e. The van der Waals surface area contributed by atoms with E-state index in [4.69, 9.17) is 4.74 Å². The van der Waals surface area contributed by atoms with Crippen molar-refractivity contribution in [3.8, 4) is 5.88 Å². The first-order valence-electron chi connectivity index (χ1n) is 8.96. The molecule has 1 fully saturated rings. The van der Waals surface area contributed by atoms with Crippen LogP contribution < -0.4 is 15.4 Å². The Kier molecular flexibility index (Phi) is 4.26. The van der Waals surface area contributed by atoms with Crippen molar-refractivity contribution in [1.82, 2.24) is 20.5 Å². The normalized spacial score (nSPS) is 20.8. The number of imide groups is 1. The molecule has 1 aromatic carbocycles. The number of amides is 4. The number of hydrogen-bond donors (Lipinski definition) is 2. The molecule has 2 N–H and O–H groups in total. The van der Waals surface area contributed by atoms with Gasteiger partial charge in [-0.15, -0.1) is 0 Å². The van der Waals surface area contributed by atoms with Crippen molar-refractivity contribution in [2.24, 2.45) is 0 Å². The third-order valence-corrected chi connectivity index (χ3v) is 5.29. The van der Waals surface area contributed by atoms with E-state index in [2.05, 4.69) is 15.6 Å². The highest BCUT2D eigenvalue weighted by molar-refractivity contribution is 6.07. The summed E-state index contributed by atoms with van der Waals surface area (Å²) in [4.78, 5) is 43.1. The molecule has 28 heavy (non-hydrogen) atoms. The van der Waals surface area contributed by atoms with Crippen molar-refractivity contribution >= 4 is 17.8 Å². The average Bonchev–Trinajstić information content (AvgIpc) is 3.16. The summed E-state index contributed by atoms with van der Waals surface area (Å²) in [5.41, 5.74) is 1.91. The number of methoxy groups -OCH3 is 1. The number of rotatable bonds is 5. The third kappa shape index (κ3) is 2.87. The van der Waals surface area contributed by atoms with E-state index in [0.717, 1.165) is 11.1 Å². The van der Waals surface area contributed by atoms with E-state index in [1.54, 1.807) is 17.2 Å². The van der Waals surface area contributed by atoms with Gasteiger partial charge in [0.05, 0.1) is 12.7 Å². The van der Waals surface area contributed by atoms with Crippen molar-refractivity contribution < 1.29 is 19.1 Å². The molecule has 2 aliphatic heterocycles. The Labute approximate surface area is 161 Å². The van der Waals surface area contributed by atoms with E-state index in [1.165, 1.54) is 7.11 Å². The molecule has 3 heterocycles. The van der Waals surface area contributed by atoms with Gasteiger partial charge >= 0.3 is 6.03 Å². The van der Waals surface area contributed by atoms with Crippen LogP contribution in [0.3, 0.4) is 0 Å². The van der Waals surface area contributed by atoms with Crippen LogP contribution in [0.5, 0.6) is 5.88 Å². The van der Waals surface area contributed by atoms with Gasteiger partial charge in [-0.25, -0.2) is 9.78 Å². The summed E-state index contributed by atoms with van der Waals surface area (Å²) in [5, 5.41) is 5.08. The molecule has 0 bridgehead atoms. The highest BCUT2D eigenvalue weighted by Crippen LogP contribution is 2.31. The lowest BCUT2D eigenvalue weighted by atomic mass is 9.86. The van der Waals surface area contributed by atoms with Crippen LogP contribution in [-0.2, 0) is 16.9 Å². The molecule has 0 aliphatic carbocycles. The molecule has 0 saturated carbocycles. The van der Waals surface area contributed by atoms with Gasteiger partial charge in [-0.2, -0.15) is 0 Å². The molecule has 2 aliphatic rings. The Morgan fingerprint density at radius 3 is 2.61 bits per heavy atom. The van der Waals surface area contributed by atoms with Crippen LogP contribution in [-0.4, -0.2) is 41.4 Å². The number of hydrogen-bond acceptors (Lipinski definition) is 5. The Morgan fingerprint density at radius 2 is 1.96 bits per heavy atom. The lowest BCUT2D eigenvalue weighted by Crippen LogP contribution is -2.46. The first kappa shape index (κ1) is 18.0. The second-order valence-corrected chi connectivity index (χ2v) is 7.04. The molecule has 0 radical (unpaired) electrons. The fraction of sp³-hybridized carbons (Fsp3) is 0.300. The average molecular weight is 380 g/mol. The highest BCUT2D eigenvalue weighted by Gasteiger charge is 2.48. The van der Waals surface area contributed by atoms with Gasteiger partial charge in [0.1, 0.15) is 5.54 Å². The summed E-state index contributed by atoms with van der Waals surface area (Å²) in [6, 6.07) is 8.53. The third-order valence-electron chi connectivity index (χ3n) is 5.29. The zero-order chi connectivity index (χ0) is 19.9. The van der Waals surface area contributed by atoms with Gasteiger partial charge in [-0.05, 0) is 12.5 Å². The number of carbonyl (C=O) groups is 3. The van der Waals surface area contributed by atoms with Crippen molar-refractivity contribution in [3.05, 3.63) is 58.8 Å². The number of nitrogens with one attached hydrogen (secondary N) is 2. The zero-order valence-corrected chi connectivity index (χ0v) is 15.6. The van der Waals surface area contributed by atoms with E-state index in [9.17, 15) is 14.4 Å². The van der Waals surface area contributed by atoms with Gasteiger partial charge in [0, 0.05) is 37.3 Å². The second kappa shape index (κ2) is 6.63. The number of carbonyl (C=O) groups excluding carboxylic acids is 3. The fourth-order valence-electron chi connectivity index (χ4n) is 3.69.